The Kier molecular flexibility index (Phi) is 6.24. The van der Waals surface area contributed by atoms with Crippen LogP contribution < -0.4 is 0 Å². The fourth-order valence-electron chi connectivity index (χ4n) is 3.91. The lowest BCUT2D eigenvalue weighted by Gasteiger charge is -2.33. The number of ether oxygens (including phenoxy) is 3. The number of carbonyl (C=O) groups excluding carboxylic acids is 1. The molecule has 2 fully saturated rings. The van der Waals surface area contributed by atoms with Crippen molar-refractivity contribution in [2.45, 2.75) is 94.8 Å². The zero-order chi connectivity index (χ0) is 18.8. The van der Waals surface area contributed by atoms with E-state index in [2.05, 4.69) is 0 Å². The van der Waals surface area contributed by atoms with E-state index in [1.807, 2.05) is 31.8 Å². The highest BCUT2D eigenvalue weighted by Crippen LogP contribution is 2.39. The number of hydrogen-bond donors (Lipinski definition) is 1. The molecule has 0 aromatic carbocycles. The second-order valence-electron chi connectivity index (χ2n) is 8.57. The molecule has 0 unspecified atom stereocenters. The molecule has 1 spiro atoms. The van der Waals surface area contributed by atoms with E-state index in [0.29, 0.717) is 19.4 Å². The molecular formula is C19H32O6Si. The van der Waals surface area contributed by atoms with Gasteiger partial charge in [0.25, 0.3) is 0 Å². The van der Waals surface area contributed by atoms with Crippen molar-refractivity contribution in [2.24, 2.45) is 0 Å². The quantitative estimate of drug-likeness (QED) is 0.458. The molecule has 148 valence electrons. The monoisotopic (exact) mass is 384 g/mol. The molecule has 1 saturated heterocycles. The maximum Gasteiger partial charge on any atom is 0.334 e. The van der Waals surface area contributed by atoms with Crippen LogP contribution >= 0.6 is 0 Å². The predicted octanol–water partition coefficient (Wildman–Crippen LogP) is 2.91. The largest absolute Gasteiger partial charge is 0.455 e. The number of hydrogen-bond acceptors (Lipinski definition) is 6. The molecule has 2 aliphatic heterocycles. The SMILES string of the molecule is C[Si](C)(C)O[C@@H]1C/C=C\C[C@@H](O)[C@@H]([C@@H]2COC3(CCCCC3)O2)OC1=O. The van der Waals surface area contributed by atoms with E-state index in [1.165, 1.54) is 6.42 Å². The van der Waals surface area contributed by atoms with Crippen LogP contribution in [0.4, 0.5) is 0 Å². The minimum absolute atomic E-state index is 0.346. The summed E-state index contributed by atoms with van der Waals surface area (Å²) in [7, 11) is -1.90. The lowest BCUT2D eigenvalue weighted by molar-refractivity contribution is -0.209. The molecule has 1 saturated carbocycles. The maximum absolute atomic E-state index is 12.7. The number of rotatable bonds is 3. The van der Waals surface area contributed by atoms with Crippen LogP contribution in [0, 0.1) is 0 Å². The van der Waals surface area contributed by atoms with E-state index in [0.717, 1.165) is 25.7 Å². The zero-order valence-corrected chi connectivity index (χ0v) is 17.1. The van der Waals surface area contributed by atoms with Gasteiger partial charge >= 0.3 is 5.97 Å². The normalized spacial score (nSPS) is 36.8. The van der Waals surface area contributed by atoms with Gasteiger partial charge in [-0.2, -0.15) is 0 Å². The van der Waals surface area contributed by atoms with Crippen molar-refractivity contribution in [2.75, 3.05) is 6.61 Å². The average Bonchev–Trinajstić information content (AvgIpc) is 2.98. The Morgan fingerprint density at radius 3 is 2.54 bits per heavy atom. The lowest BCUT2D eigenvalue weighted by Crippen LogP contribution is -2.46. The van der Waals surface area contributed by atoms with Gasteiger partial charge in [-0.1, -0.05) is 18.6 Å². The molecule has 2 heterocycles. The van der Waals surface area contributed by atoms with Crippen LogP contribution in [0.2, 0.25) is 19.6 Å². The summed E-state index contributed by atoms with van der Waals surface area (Å²) >= 11 is 0. The van der Waals surface area contributed by atoms with Crippen molar-refractivity contribution < 1.29 is 28.5 Å². The fourth-order valence-corrected chi connectivity index (χ4v) is 4.96. The molecule has 3 aliphatic rings. The van der Waals surface area contributed by atoms with Crippen molar-refractivity contribution in [1.29, 1.82) is 0 Å². The predicted molar refractivity (Wildman–Crippen MR) is 99.1 cm³/mol. The van der Waals surface area contributed by atoms with Gasteiger partial charge in [-0.15, -0.1) is 0 Å². The Hall–Kier alpha value is -0.733. The van der Waals surface area contributed by atoms with E-state index in [-0.39, 0.29) is 0 Å². The molecule has 1 N–H and O–H groups in total. The first-order valence-electron chi connectivity index (χ1n) is 9.81. The third-order valence-electron chi connectivity index (χ3n) is 5.14. The van der Waals surface area contributed by atoms with Gasteiger partial charge in [-0.05, 0) is 38.9 Å². The summed E-state index contributed by atoms with van der Waals surface area (Å²) in [4.78, 5) is 12.7. The number of aliphatic hydroxyl groups excluding tert-OH is 1. The molecule has 7 heteroatoms. The first-order valence-corrected chi connectivity index (χ1v) is 13.2. The summed E-state index contributed by atoms with van der Waals surface area (Å²) in [6.07, 6.45) is 7.14. The standard InChI is InChI=1S/C19H32O6Si/c1-26(2,3)25-15-10-6-5-9-14(20)17(23-18(15)21)16-13-22-19(24-16)11-7-4-8-12-19/h5-6,14-17,20H,4,7-13H2,1-3H3/b6-5-/t14-,15-,16+,17+/m1/s1. The third kappa shape index (κ3) is 4.95. The molecule has 0 aromatic heterocycles. The minimum atomic E-state index is -1.90. The average molecular weight is 385 g/mol. The van der Waals surface area contributed by atoms with Gasteiger partial charge in [-0.3, -0.25) is 0 Å². The van der Waals surface area contributed by atoms with E-state index >= 15 is 0 Å². The summed E-state index contributed by atoms with van der Waals surface area (Å²) in [6.45, 7) is 6.48. The maximum atomic E-state index is 12.7. The molecule has 0 bridgehead atoms. The first kappa shape index (κ1) is 20.0. The van der Waals surface area contributed by atoms with Crippen molar-refractivity contribution in [3.63, 3.8) is 0 Å². The van der Waals surface area contributed by atoms with E-state index in [1.54, 1.807) is 0 Å². The summed E-state index contributed by atoms with van der Waals surface area (Å²) in [5, 5.41) is 10.6. The highest BCUT2D eigenvalue weighted by atomic mass is 28.4. The fraction of sp³-hybridized carbons (Fsp3) is 0.842. The van der Waals surface area contributed by atoms with Crippen LogP contribution in [0.25, 0.3) is 0 Å². The summed E-state index contributed by atoms with van der Waals surface area (Å²) in [5.74, 6) is -0.978. The van der Waals surface area contributed by atoms with Gasteiger partial charge < -0.3 is 23.7 Å². The van der Waals surface area contributed by atoms with Gasteiger partial charge in [0.1, 0.15) is 12.2 Å². The smallest absolute Gasteiger partial charge is 0.334 e. The van der Waals surface area contributed by atoms with Crippen LogP contribution in [-0.4, -0.2) is 56.2 Å². The Bertz CT molecular complexity index is 523. The number of esters is 1. The van der Waals surface area contributed by atoms with E-state index in [9.17, 15) is 9.90 Å². The van der Waals surface area contributed by atoms with Crippen molar-refractivity contribution in [3.8, 4) is 0 Å². The van der Waals surface area contributed by atoms with Crippen LogP contribution in [0.1, 0.15) is 44.9 Å². The van der Waals surface area contributed by atoms with Crippen molar-refractivity contribution in [3.05, 3.63) is 12.2 Å². The molecule has 6 nitrogen and oxygen atoms in total. The molecular weight excluding hydrogens is 352 g/mol. The highest BCUT2D eigenvalue weighted by molar-refractivity contribution is 6.69. The topological polar surface area (TPSA) is 74.2 Å². The number of cyclic esters (lactones) is 1. The molecule has 0 aromatic rings. The summed E-state index contributed by atoms with van der Waals surface area (Å²) in [5.41, 5.74) is 0. The minimum Gasteiger partial charge on any atom is -0.455 e. The van der Waals surface area contributed by atoms with Crippen molar-refractivity contribution in [1.82, 2.24) is 0 Å². The van der Waals surface area contributed by atoms with Gasteiger partial charge in [0.15, 0.2) is 20.2 Å². The molecule has 3 rings (SSSR count). The number of carbonyl (C=O) groups is 1. The Morgan fingerprint density at radius 2 is 1.85 bits per heavy atom. The lowest BCUT2D eigenvalue weighted by atomic mass is 9.94. The van der Waals surface area contributed by atoms with Crippen LogP contribution in [0.3, 0.4) is 0 Å². The van der Waals surface area contributed by atoms with Crippen LogP contribution in [0.5, 0.6) is 0 Å². The zero-order valence-electron chi connectivity index (χ0n) is 16.1. The number of aliphatic hydroxyl groups is 1. The summed E-state index contributed by atoms with van der Waals surface area (Å²) < 4.78 is 23.9. The Morgan fingerprint density at radius 1 is 1.15 bits per heavy atom. The van der Waals surface area contributed by atoms with Gasteiger partial charge in [0.2, 0.25) is 0 Å². The van der Waals surface area contributed by atoms with Gasteiger partial charge in [0.05, 0.1) is 12.7 Å². The van der Waals surface area contributed by atoms with Crippen LogP contribution in [0.15, 0.2) is 12.2 Å². The molecule has 0 amide bonds. The highest BCUT2D eigenvalue weighted by Gasteiger charge is 2.48. The molecule has 0 radical (unpaired) electrons. The van der Waals surface area contributed by atoms with Crippen LogP contribution in [-0.2, 0) is 23.4 Å². The molecule has 1 aliphatic carbocycles. The third-order valence-corrected chi connectivity index (χ3v) is 6.13. The van der Waals surface area contributed by atoms with Crippen molar-refractivity contribution >= 4 is 14.3 Å². The van der Waals surface area contributed by atoms with Gasteiger partial charge in [0, 0.05) is 19.3 Å². The van der Waals surface area contributed by atoms with E-state index in [4.69, 9.17) is 18.6 Å². The second-order valence-corrected chi connectivity index (χ2v) is 13.0. The Labute approximate surface area is 157 Å². The van der Waals surface area contributed by atoms with E-state index < -0.39 is 44.5 Å². The second kappa shape index (κ2) is 8.10. The molecule has 26 heavy (non-hydrogen) atoms. The summed E-state index contributed by atoms with van der Waals surface area (Å²) in [6, 6.07) is 0. The first-order chi connectivity index (χ1) is 12.3. The molecule has 4 atom stereocenters. The van der Waals surface area contributed by atoms with Gasteiger partial charge in [-0.25, -0.2) is 4.79 Å². The Balaban J connectivity index is 1.71.